The molecule has 2 atom stereocenters. The molecular formula is C11H20N2O2. The van der Waals surface area contributed by atoms with E-state index in [4.69, 9.17) is 4.74 Å². The van der Waals surface area contributed by atoms with E-state index in [9.17, 15) is 5.11 Å². The van der Waals surface area contributed by atoms with Crippen LogP contribution in [0.2, 0.25) is 0 Å². The van der Waals surface area contributed by atoms with Gasteiger partial charge >= 0.3 is 0 Å². The molecule has 86 valence electrons. The molecule has 1 aromatic heterocycles. The molecule has 0 bridgehead atoms. The second kappa shape index (κ2) is 5.88. The van der Waals surface area contributed by atoms with E-state index in [2.05, 4.69) is 11.9 Å². The SMILES string of the molecule is CCOC(C)C(O)Cc1nccn1CC. The number of hydrogen-bond acceptors (Lipinski definition) is 3. The summed E-state index contributed by atoms with van der Waals surface area (Å²) >= 11 is 0. The summed E-state index contributed by atoms with van der Waals surface area (Å²) in [6, 6.07) is 0. The quantitative estimate of drug-likeness (QED) is 0.771. The van der Waals surface area contributed by atoms with Gasteiger partial charge in [-0.1, -0.05) is 0 Å². The topological polar surface area (TPSA) is 47.3 Å². The molecule has 0 aromatic carbocycles. The Morgan fingerprint density at radius 1 is 1.53 bits per heavy atom. The molecule has 4 nitrogen and oxygen atoms in total. The second-order valence-electron chi connectivity index (χ2n) is 3.56. The zero-order valence-corrected chi connectivity index (χ0v) is 9.68. The largest absolute Gasteiger partial charge is 0.390 e. The Morgan fingerprint density at radius 3 is 2.87 bits per heavy atom. The van der Waals surface area contributed by atoms with E-state index in [0.717, 1.165) is 12.4 Å². The van der Waals surface area contributed by atoms with Crippen molar-refractivity contribution in [1.29, 1.82) is 0 Å². The summed E-state index contributed by atoms with van der Waals surface area (Å²) in [5, 5.41) is 9.86. The molecule has 0 aliphatic rings. The van der Waals surface area contributed by atoms with Crippen molar-refractivity contribution in [2.24, 2.45) is 0 Å². The molecule has 0 spiro atoms. The van der Waals surface area contributed by atoms with Crippen LogP contribution >= 0.6 is 0 Å². The van der Waals surface area contributed by atoms with Crippen LogP contribution in [0, 0.1) is 0 Å². The standard InChI is InChI=1S/C11H20N2O2/c1-4-13-7-6-12-11(13)8-10(14)9(3)15-5-2/h6-7,9-10,14H,4-5,8H2,1-3H3. The van der Waals surface area contributed by atoms with Gasteiger partial charge in [-0.3, -0.25) is 0 Å². The lowest BCUT2D eigenvalue weighted by Gasteiger charge is -2.18. The molecular weight excluding hydrogens is 192 g/mol. The molecule has 0 saturated heterocycles. The minimum atomic E-state index is -0.488. The van der Waals surface area contributed by atoms with Gasteiger partial charge in [0, 0.05) is 32.0 Å². The van der Waals surface area contributed by atoms with E-state index in [1.165, 1.54) is 0 Å². The fraction of sp³-hybridized carbons (Fsp3) is 0.727. The van der Waals surface area contributed by atoms with Crippen molar-refractivity contribution < 1.29 is 9.84 Å². The van der Waals surface area contributed by atoms with Gasteiger partial charge in [0.25, 0.3) is 0 Å². The first-order chi connectivity index (χ1) is 7.19. The smallest absolute Gasteiger partial charge is 0.111 e. The Bertz CT molecular complexity index is 286. The van der Waals surface area contributed by atoms with E-state index < -0.39 is 6.10 Å². The van der Waals surface area contributed by atoms with Crippen molar-refractivity contribution in [1.82, 2.24) is 9.55 Å². The van der Waals surface area contributed by atoms with Gasteiger partial charge in [-0.05, 0) is 20.8 Å². The van der Waals surface area contributed by atoms with Crippen molar-refractivity contribution in [3.63, 3.8) is 0 Å². The number of nitrogens with zero attached hydrogens (tertiary/aromatic N) is 2. The van der Waals surface area contributed by atoms with Gasteiger partial charge in [0.15, 0.2) is 0 Å². The van der Waals surface area contributed by atoms with E-state index in [-0.39, 0.29) is 6.10 Å². The predicted molar refractivity (Wildman–Crippen MR) is 58.7 cm³/mol. The van der Waals surface area contributed by atoms with Crippen molar-refractivity contribution in [3.8, 4) is 0 Å². The number of ether oxygens (including phenoxy) is 1. The molecule has 0 radical (unpaired) electrons. The third-order valence-electron chi connectivity index (χ3n) is 2.51. The summed E-state index contributed by atoms with van der Waals surface area (Å²) in [5.74, 6) is 0.913. The number of imidazole rings is 1. The van der Waals surface area contributed by atoms with Gasteiger partial charge in [0.1, 0.15) is 5.82 Å². The van der Waals surface area contributed by atoms with Gasteiger partial charge in [-0.15, -0.1) is 0 Å². The fourth-order valence-electron chi connectivity index (χ4n) is 1.54. The summed E-state index contributed by atoms with van der Waals surface area (Å²) < 4.78 is 7.37. The first kappa shape index (κ1) is 12.2. The first-order valence-corrected chi connectivity index (χ1v) is 5.48. The second-order valence-corrected chi connectivity index (χ2v) is 3.56. The van der Waals surface area contributed by atoms with Crippen LogP contribution in [0.15, 0.2) is 12.4 Å². The molecule has 15 heavy (non-hydrogen) atoms. The van der Waals surface area contributed by atoms with Crippen LogP contribution in [-0.4, -0.2) is 33.5 Å². The summed E-state index contributed by atoms with van der Waals surface area (Å²) in [6.45, 7) is 7.37. The number of aryl methyl sites for hydroxylation is 1. The Labute approximate surface area is 90.9 Å². The average Bonchev–Trinajstić information content (AvgIpc) is 2.65. The molecule has 0 aliphatic heterocycles. The van der Waals surface area contributed by atoms with Crippen molar-refractivity contribution in [2.75, 3.05) is 6.61 Å². The van der Waals surface area contributed by atoms with E-state index in [1.54, 1.807) is 6.20 Å². The Kier molecular flexibility index (Phi) is 4.78. The predicted octanol–water partition coefficient (Wildman–Crippen LogP) is 1.23. The zero-order valence-electron chi connectivity index (χ0n) is 9.68. The van der Waals surface area contributed by atoms with Crippen LogP contribution in [-0.2, 0) is 17.7 Å². The molecule has 0 amide bonds. The van der Waals surface area contributed by atoms with Gasteiger partial charge in [-0.25, -0.2) is 4.98 Å². The minimum Gasteiger partial charge on any atom is -0.390 e. The van der Waals surface area contributed by atoms with Gasteiger partial charge in [0.2, 0.25) is 0 Å². The van der Waals surface area contributed by atoms with Crippen LogP contribution in [0.3, 0.4) is 0 Å². The van der Waals surface area contributed by atoms with Crippen LogP contribution in [0.1, 0.15) is 26.6 Å². The number of rotatable bonds is 6. The first-order valence-electron chi connectivity index (χ1n) is 5.48. The lowest BCUT2D eigenvalue weighted by molar-refractivity contribution is -0.0218. The van der Waals surface area contributed by atoms with Crippen LogP contribution in [0.5, 0.6) is 0 Å². The van der Waals surface area contributed by atoms with E-state index >= 15 is 0 Å². The highest BCUT2D eigenvalue weighted by Gasteiger charge is 2.16. The van der Waals surface area contributed by atoms with Crippen LogP contribution in [0.25, 0.3) is 0 Å². The normalized spacial score (nSPS) is 15.2. The van der Waals surface area contributed by atoms with E-state index in [0.29, 0.717) is 13.0 Å². The molecule has 0 fully saturated rings. The summed E-state index contributed by atoms with van der Waals surface area (Å²) in [5.41, 5.74) is 0. The number of hydrogen-bond donors (Lipinski definition) is 1. The Morgan fingerprint density at radius 2 is 2.27 bits per heavy atom. The monoisotopic (exact) mass is 212 g/mol. The van der Waals surface area contributed by atoms with Crippen molar-refractivity contribution >= 4 is 0 Å². The minimum absolute atomic E-state index is 0.142. The maximum Gasteiger partial charge on any atom is 0.111 e. The zero-order chi connectivity index (χ0) is 11.3. The van der Waals surface area contributed by atoms with Crippen molar-refractivity contribution in [2.45, 2.75) is 45.9 Å². The molecule has 0 saturated carbocycles. The summed E-state index contributed by atoms with van der Waals surface area (Å²) in [7, 11) is 0. The van der Waals surface area contributed by atoms with Crippen LogP contribution in [0.4, 0.5) is 0 Å². The molecule has 1 aromatic rings. The van der Waals surface area contributed by atoms with Crippen LogP contribution < -0.4 is 0 Å². The summed E-state index contributed by atoms with van der Waals surface area (Å²) in [4.78, 5) is 4.22. The lowest BCUT2D eigenvalue weighted by atomic mass is 10.1. The number of aliphatic hydroxyl groups excluding tert-OH is 1. The highest BCUT2D eigenvalue weighted by molar-refractivity contribution is 4.94. The summed E-state index contributed by atoms with van der Waals surface area (Å²) in [6.07, 6.45) is 3.60. The Balaban J connectivity index is 2.53. The van der Waals surface area contributed by atoms with Gasteiger partial charge in [-0.2, -0.15) is 0 Å². The Hall–Kier alpha value is -0.870. The van der Waals surface area contributed by atoms with Crippen molar-refractivity contribution in [3.05, 3.63) is 18.2 Å². The number of aromatic nitrogens is 2. The average molecular weight is 212 g/mol. The fourth-order valence-corrected chi connectivity index (χ4v) is 1.54. The van der Waals surface area contributed by atoms with E-state index in [1.807, 2.05) is 24.6 Å². The highest BCUT2D eigenvalue weighted by atomic mass is 16.5. The molecule has 0 aliphatic carbocycles. The molecule has 1 heterocycles. The maximum atomic E-state index is 9.86. The molecule has 1 N–H and O–H groups in total. The lowest BCUT2D eigenvalue weighted by Crippen LogP contribution is -2.29. The molecule has 4 heteroatoms. The van der Waals surface area contributed by atoms with Gasteiger partial charge < -0.3 is 14.4 Å². The third-order valence-corrected chi connectivity index (χ3v) is 2.51. The number of aliphatic hydroxyl groups is 1. The highest BCUT2D eigenvalue weighted by Crippen LogP contribution is 2.07. The molecule has 1 rings (SSSR count). The maximum absolute atomic E-state index is 9.86. The van der Waals surface area contributed by atoms with Gasteiger partial charge in [0.05, 0.1) is 12.2 Å². The third kappa shape index (κ3) is 3.32. The molecule has 2 unspecified atom stereocenters.